The third-order valence-corrected chi connectivity index (χ3v) is 6.24. The lowest BCUT2D eigenvalue weighted by Gasteiger charge is -2.36. The van der Waals surface area contributed by atoms with E-state index in [0.29, 0.717) is 43.2 Å². The van der Waals surface area contributed by atoms with Gasteiger partial charge in [0.15, 0.2) is 17.3 Å². The summed E-state index contributed by atoms with van der Waals surface area (Å²) in [5.41, 5.74) is 3.84. The Bertz CT molecular complexity index is 962. The summed E-state index contributed by atoms with van der Waals surface area (Å²) < 4.78 is 16.6. The zero-order chi connectivity index (χ0) is 25.5. The number of rotatable bonds is 9. The third kappa shape index (κ3) is 6.66. The molecule has 3 rings (SSSR count). The largest absolute Gasteiger partial charge is 0.493 e. The van der Waals surface area contributed by atoms with E-state index in [0.717, 1.165) is 5.56 Å². The van der Waals surface area contributed by atoms with E-state index in [2.05, 4.69) is 10.8 Å². The van der Waals surface area contributed by atoms with Gasteiger partial charge in [-0.2, -0.15) is 0 Å². The van der Waals surface area contributed by atoms with Crippen LogP contribution in [-0.4, -0.2) is 69.1 Å². The second-order valence-electron chi connectivity index (χ2n) is 8.90. The summed E-state index contributed by atoms with van der Waals surface area (Å²) in [6.45, 7) is 3.94. The summed E-state index contributed by atoms with van der Waals surface area (Å²) in [5, 5.41) is 3.07. The predicted molar refractivity (Wildman–Crippen MR) is 128 cm³/mol. The molecule has 1 heterocycles. The molecule has 0 saturated heterocycles. The number of allylic oxidation sites excluding steroid dienone is 1. The number of hydroxylamine groups is 1. The average molecular weight is 490 g/mol. The monoisotopic (exact) mass is 489 g/mol. The van der Waals surface area contributed by atoms with E-state index in [1.807, 2.05) is 39.2 Å². The van der Waals surface area contributed by atoms with Crippen LogP contribution in [0.15, 0.2) is 30.1 Å². The number of benzene rings is 1. The first kappa shape index (κ1) is 26.3. The second-order valence-corrected chi connectivity index (χ2v) is 8.90. The van der Waals surface area contributed by atoms with Gasteiger partial charge in [0.05, 0.1) is 19.8 Å². The number of hydrogen-bond donors (Lipinski definition) is 2. The molecule has 1 saturated carbocycles. The lowest BCUT2D eigenvalue weighted by molar-refractivity contribution is -0.161. The molecule has 1 fully saturated rings. The molecule has 192 valence electrons. The number of carbonyl (C=O) groups is 3. The van der Waals surface area contributed by atoms with Gasteiger partial charge in [-0.25, -0.2) is 4.79 Å². The van der Waals surface area contributed by atoms with Crippen LogP contribution in [0.1, 0.15) is 44.6 Å². The summed E-state index contributed by atoms with van der Waals surface area (Å²) in [6.07, 6.45) is 2.94. The van der Waals surface area contributed by atoms with Gasteiger partial charge in [-0.1, -0.05) is 6.07 Å². The van der Waals surface area contributed by atoms with Gasteiger partial charge in [-0.15, -0.1) is 5.48 Å². The standard InChI is InChI=1S/C25H35N3O7/c1-6-33-23-11-16(7-10-22(23)32-5)18-12-17(34-15(2)29)8-9-20(18)27-35-25(31)19-14-26-24(28(3)4)13-21(19)30/h7,10-11,13,17-20,26-27H,6,8-9,12,14H2,1-5H3/t17-,18-,19?,20-/m1/s1. The molecule has 1 unspecified atom stereocenters. The molecule has 0 radical (unpaired) electrons. The number of ketones is 1. The Kier molecular flexibility index (Phi) is 8.97. The molecule has 0 spiro atoms. The summed E-state index contributed by atoms with van der Waals surface area (Å²) in [6, 6.07) is 5.43. The molecule has 10 nitrogen and oxygen atoms in total. The number of hydrogen-bond acceptors (Lipinski definition) is 10. The maximum absolute atomic E-state index is 12.7. The van der Waals surface area contributed by atoms with E-state index >= 15 is 0 Å². The fourth-order valence-electron chi connectivity index (χ4n) is 4.46. The van der Waals surface area contributed by atoms with Crippen molar-refractivity contribution < 1.29 is 33.4 Å². The smallest absolute Gasteiger partial charge is 0.337 e. The number of carbonyl (C=O) groups excluding carboxylic acids is 3. The van der Waals surface area contributed by atoms with Gasteiger partial charge in [0, 0.05) is 39.6 Å². The molecule has 4 atom stereocenters. The van der Waals surface area contributed by atoms with Crippen molar-refractivity contribution in [2.75, 3.05) is 34.4 Å². The minimum Gasteiger partial charge on any atom is -0.493 e. The van der Waals surface area contributed by atoms with E-state index in [1.54, 1.807) is 12.0 Å². The Hall–Kier alpha value is -3.27. The molecule has 1 aliphatic heterocycles. The van der Waals surface area contributed by atoms with Crippen molar-refractivity contribution in [2.24, 2.45) is 5.92 Å². The van der Waals surface area contributed by atoms with Gasteiger partial charge in [0.2, 0.25) is 0 Å². The number of nitrogens with zero attached hydrogens (tertiary/aromatic N) is 1. The average Bonchev–Trinajstić information content (AvgIpc) is 2.82. The zero-order valence-electron chi connectivity index (χ0n) is 21.0. The maximum Gasteiger partial charge on any atom is 0.337 e. The molecule has 1 aromatic rings. The molecule has 35 heavy (non-hydrogen) atoms. The zero-order valence-corrected chi connectivity index (χ0v) is 21.0. The van der Waals surface area contributed by atoms with Crippen LogP contribution in [0.3, 0.4) is 0 Å². The molecular formula is C25H35N3O7. The van der Waals surface area contributed by atoms with Gasteiger partial charge >= 0.3 is 11.9 Å². The molecule has 0 bridgehead atoms. The molecule has 0 amide bonds. The number of ether oxygens (including phenoxy) is 3. The fraction of sp³-hybridized carbons (Fsp3) is 0.560. The van der Waals surface area contributed by atoms with Crippen LogP contribution in [0.4, 0.5) is 0 Å². The summed E-state index contributed by atoms with van der Waals surface area (Å²) >= 11 is 0. The number of nitrogens with one attached hydrogen (secondary N) is 2. The quantitative estimate of drug-likeness (QED) is 0.303. The van der Waals surface area contributed by atoms with Crippen molar-refractivity contribution in [3.8, 4) is 11.5 Å². The van der Waals surface area contributed by atoms with Crippen LogP contribution in [0, 0.1) is 5.92 Å². The summed E-state index contributed by atoms with van der Waals surface area (Å²) in [7, 11) is 5.21. The molecule has 1 aliphatic carbocycles. The van der Waals surface area contributed by atoms with Crippen molar-refractivity contribution in [1.82, 2.24) is 15.7 Å². The van der Waals surface area contributed by atoms with Crippen LogP contribution < -0.4 is 20.3 Å². The van der Waals surface area contributed by atoms with Crippen LogP contribution in [0.2, 0.25) is 0 Å². The fourth-order valence-corrected chi connectivity index (χ4v) is 4.46. The van der Waals surface area contributed by atoms with Crippen LogP contribution >= 0.6 is 0 Å². The van der Waals surface area contributed by atoms with Gasteiger partial charge in [0.25, 0.3) is 0 Å². The maximum atomic E-state index is 12.7. The van der Waals surface area contributed by atoms with Gasteiger partial charge in [-0.05, 0) is 43.9 Å². The van der Waals surface area contributed by atoms with Gasteiger partial charge < -0.3 is 29.3 Å². The highest BCUT2D eigenvalue weighted by molar-refractivity contribution is 6.06. The Morgan fingerprint density at radius 2 is 1.97 bits per heavy atom. The van der Waals surface area contributed by atoms with Crippen LogP contribution in [-0.2, 0) is 24.0 Å². The van der Waals surface area contributed by atoms with Gasteiger partial charge in [0.1, 0.15) is 17.8 Å². The van der Waals surface area contributed by atoms with E-state index in [4.69, 9.17) is 19.0 Å². The molecule has 2 aliphatic rings. The molecule has 0 aromatic heterocycles. The Balaban J connectivity index is 1.74. The van der Waals surface area contributed by atoms with Crippen molar-refractivity contribution in [3.63, 3.8) is 0 Å². The topological polar surface area (TPSA) is 115 Å². The number of esters is 1. The second kappa shape index (κ2) is 11.9. The Morgan fingerprint density at radius 3 is 2.60 bits per heavy atom. The lowest BCUT2D eigenvalue weighted by atomic mass is 9.79. The first-order valence-electron chi connectivity index (χ1n) is 11.8. The minimum absolute atomic E-state index is 0.133. The highest BCUT2D eigenvalue weighted by Crippen LogP contribution is 2.38. The highest BCUT2D eigenvalue weighted by atomic mass is 16.7. The third-order valence-electron chi connectivity index (χ3n) is 6.24. The molecule has 2 N–H and O–H groups in total. The minimum atomic E-state index is -0.924. The highest BCUT2D eigenvalue weighted by Gasteiger charge is 2.36. The molecule has 1 aromatic carbocycles. The summed E-state index contributed by atoms with van der Waals surface area (Å²) in [4.78, 5) is 43.9. The predicted octanol–water partition coefficient (Wildman–Crippen LogP) is 1.90. The first-order chi connectivity index (χ1) is 16.7. The SMILES string of the molecule is CCOc1cc([C@H]2C[C@H](OC(C)=O)CC[C@H]2NOC(=O)C2CNC(N(C)C)=CC2=O)ccc1OC. The summed E-state index contributed by atoms with van der Waals surface area (Å²) in [5.74, 6) is -0.440. The van der Waals surface area contributed by atoms with Crippen LogP contribution in [0.5, 0.6) is 11.5 Å². The number of methoxy groups -OCH3 is 1. The molecular weight excluding hydrogens is 454 g/mol. The van der Waals surface area contributed by atoms with E-state index in [-0.39, 0.29) is 36.4 Å². The Labute approximate surface area is 205 Å². The first-order valence-corrected chi connectivity index (χ1v) is 11.8. The van der Waals surface area contributed by atoms with Crippen molar-refractivity contribution in [3.05, 3.63) is 35.7 Å². The Morgan fingerprint density at radius 1 is 1.20 bits per heavy atom. The van der Waals surface area contributed by atoms with E-state index in [1.165, 1.54) is 13.0 Å². The van der Waals surface area contributed by atoms with Crippen molar-refractivity contribution in [1.29, 1.82) is 0 Å². The van der Waals surface area contributed by atoms with Crippen molar-refractivity contribution in [2.45, 2.75) is 51.2 Å². The molecule has 10 heteroatoms. The van der Waals surface area contributed by atoms with Gasteiger partial charge in [-0.3, -0.25) is 9.59 Å². The van der Waals surface area contributed by atoms with Crippen LogP contribution in [0.25, 0.3) is 0 Å². The lowest BCUT2D eigenvalue weighted by Crippen LogP contribution is -2.46. The van der Waals surface area contributed by atoms with Crippen molar-refractivity contribution >= 4 is 17.7 Å². The normalized spacial score (nSPS) is 24.0. The van der Waals surface area contributed by atoms with E-state index in [9.17, 15) is 14.4 Å². The van der Waals surface area contributed by atoms with E-state index < -0.39 is 11.9 Å².